The first-order valence-electron chi connectivity index (χ1n) is 6.03. The summed E-state index contributed by atoms with van der Waals surface area (Å²) in [6.45, 7) is 2.72. The Morgan fingerprint density at radius 2 is 1.77 bits per heavy atom. The van der Waals surface area contributed by atoms with Gasteiger partial charge in [0.25, 0.3) is 0 Å². The molecule has 1 saturated carbocycles. The van der Waals surface area contributed by atoms with E-state index in [-0.39, 0.29) is 0 Å². The predicted octanol–water partition coefficient (Wildman–Crippen LogP) is 2.91. The van der Waals surface area contributed by atoms with Crippen LogP contribution in [0.15, 0.2) is 0 Å². The van der Waals surface area contributed by atoms with Gasteiger partial charge in [-0.05, 0) is 38.3 Å². The maximum absolute atomic E-state index is 2.49. The van der Waals surface area contributed by atoms with Crippen molar-refractivity contribution < 1.29 is 0 Å². The van der Waals surface area contributed by atoms with Crippen LogP contribution < -0.4 is 0 Å². The minimum Gasteiger partial charge on any atom is -0.306 e. The Labute approximate surface area is 82.5 Å². The second kappa shape index (κ2) is 4.45. The third-order valence-corrected chi connectivity index (χ3v) is 3.88. The van der Waals surface area contributed by atoms with Gasteiger partial charge in [0.05, 0.1) is 0 Å². The van der Waals surface area contributed by atoms with Crippen LogP contribution in [0.4, 0.5) is 0 Å². The lowest BCUT2D eigenvalue weighted by atomic mass is 9.82. The summed E-state index contributed by atoms with van der Waals surface area (Å²) in [5, 5.41) is 0. The van der Waals surface area contributed by atoms with E-state index in [0.29, 0.717) is 0 Å². The van der Waals surface area contributed by atoms with Gasteiger partial charge in [0.2, 0.25) is 0 Å². The smallest absolute Gasteiger partial charge is 0.000719 e. The minimum atomic E-state index is 1.04. The molecule has 2 aliphatic rings. The summed E-state index contributed by atoms with van der Waals surface area (Å²) in [5.41, 5.74) is 0. The van der Waals surface area contributed by atoms with E-state index in [0.717, 1.165) is 11.8 Å². The first kappa shape index (κ1) is 9.51. The van der Waals surface area contributed by atoms with Crippen LogP contribution in [0.5, 0.6) is 0 Å². The van der Waals surface area contributed by atoms with Crippen molar-refractivity contribution >= 4 is 0 Å². The molecule has 1 aliphatic carbocycles. The summed E-state index contributed by atoms with van der Waals surface area (Å²) < 4.78 is 0. The molecule has 1 atom stereocenters. The van der Waals surface area contributed by atoms with Crippen molar-refractivity contribution in [3.8, 4) is 0 Å². The minimum absolute atomic E-state index is 1.04. The van der Waals surface area contributed by atoms with Gasteiger partial charge in [0.15, 0.2) is 0 Å². The van der Waals surface area contributed by atoms with Gasteiger partial charge < -0.3 is 4.90 Å². The number of hydrogen-bond acceptors (Lipinski definition) is 1. The first-order chi connectivity index (χ1) is 6.34. The Morgan fingerprint density at radius 1 is 1.00 bits per heavy atom. The van der Waals surface area contributed by atoms with Crippen LogP contribution in [0.25, 0.3) is 0 Å². The average molecular weight is 181 g/mol. The molecule has 76 valence electrons. The Morgan fingerprint density at radius 3 is 2.38 bits per heavy atom. The van der Waals surface area contributed by atoms with Crippen molar-refractivity contribution in [2.24, 2.45) is 11.8 Å². The van der Waals surface area contributed by atoms with E-state index in [4.69, 9.17) is 0 Å². The predicted molar refractivity (Wildman–Crippen MR) is 56.8 cm³/mol. The molecule has 2 rings (SSSR count). The van der Waals surface area contributed by atoms with Crippen LogP contribution >= 0.6 is 0 Å². The fraction of sp³-hybridized carbons (Fsp3) is 1.00. The van der Waals surface area contributed by atoms with Gasteiger partial charge in [-0.25, -0.2) is 0 Å². The Hall–Kier alpha value is -0.0400. The number of nitrogens with zero attached hydrogens (tertiary/aromatic N) is 1. The topological polar surface area (TPSA) is 3.24 Å². The molecule has 0 aromatic heterocycles. The van der Waals surface area contributed by atoms with E-state index >= 15 is 0 Å². The van der Waals surface area contributed by atoms with Crippen molar-refractivity contribution in [2.45, 2.75) is 44.9 Å². The molecule has 0 radical (unpaired) electrons. The third-order valence-electron chi connectivity index (χ3n) is 3.88. The zero-order valence-electron chi connectivity index (χ0n) is 8.97. The molecule has 0 aromatic carbocycles. The lowest BCUT2D eigenvalue weighted by molar-refractivity contribution is 0.284. The standard InChI is InChI=1S/C12H23N/c1-13-8-7-12(10-13)9-11-5-3-2-4-6-11/h11-12H,2-10H2,1H3. The maximum atomic E-state index is 2.49. The van der Waals surface area contributed by atoms with Crippen LogP contribution in [-0.4, -0.2) is 25.0 Å². The molecule has 1 heterocycles. The normalized spacial score (nSPS) is 32.5. The highest BCUT2D eigenvalue weighted by Gasteiger charge is 2.23. The molecule has 0 spiro atoms. The lowest BCUT2D eigenvalue weighted by Crippen LogP contribution is -2.17. The SMILES string of the molecule is CN1CCC(CC2CCCCC2)C1. The van der Waals surface area contributed by atoms with E-state index in [2.05, 4.69) is 11.9 Å². The number of likely N-dealkylation sites (tertiary alicyclic amines) is 1. The monoisotopic (exact) mass is 181 g/mol. The van der Waals surface area contributed by atoms with Crippen molar-refractivity contribution in [3.63, 3.8) is 0 Å². The summed E-state index contributed by atoms with van der Waals surface area (Å²) in [6, 6.07) is 0. The molecule has 0 N–H and O–H groups in total. The molecular weight excluding hydrogens is 158 g/mol. The molecular formula is C12H23N. The van der Waals surface area contributed by atoms with Crippen molar-refractivity contribution in [1.82, 2.24) is 4.90 Å². The van der Waals surface area contributed by atoms with Gasteiger partial charge in [-0.15, -0.1) is 0 Å². The van der Waals surface area contributed by atoms with Gasteiger partial charge in [-0.1, -0.05) is 32.1 Å². The van der Waals surface area contributed by atoms with Crippen molar-refractivity contribution in [3.05, 3.63) is 0 Å². The molecule has 1 unspecified atom stereocenters. The van der Waals surface area contributed by atoms with Crippen LogP contribution in [0.2, 0.25) is 0 Å². The zero-order valence-corrected chi connectivity index (χ0v) is 8.97. The summed E-state index contributed by atoms with van der Waals surface area (Å²) in [6.07, 6.45) is 10.6. The third kappa shape index (κ3) is 2.70. The van der Waals surface area contributed by atoms with Crippen LogP contribution in [0, 0.1) is 11.8 Å². The molecule has 2 fully saturated rings. The molecule has 1 aliphatic heterocycles. The Bertz CT molecular complexity index is 146. The fourth-order valence-electron chi connectivity index (χ4n) is 3.11. The molecule has 13 heavy (non-hydrogen) atoms. The maximum Gasteiger partial charge on any atom is 0.000719 e. The molecule has 1 saturated heterocycles. The Kier molecular flexibility index (Phi) is 3.26. The van der Waals surface area contributed by atoms with Gasteiger partial charge in [0, 0.05) is 6.54 Å². The molecule has 0 aromatic rings. The zero-order chi connectivity index (χ0) is 9.10. The summed E-state index contributed by atoms with van der Waals surface area (Å²) in [5.74, 6) is 2.12. The highest BCUT2D eigenvalue weighted by Crippen LogP contribution is 2.31. The van der Waals surface area contributed by atoms with Gasteiger partial charge in [0.1, 0.15) is 0 Å². The molecule has 1 heteroatoms. The van der Waals surface area contributed by atoms with Gasteiger partial charge >= 0.3 is 0 Å². The highest BCUT2D eigenvalue weighted by atomic mass is 15.1. The summed E-state index contributed by atoms with van der Waals surface area (Å²) in [7, 11) is 2.26. The van der Waals surface area contributed by atoms with E-state index in [1.807, 2.05) is 0 Å². The first-order valence-corrected chi connectivity index (χ1v) is 6.03. The second-order valence-electron chi connectivity index (χ2n) is 5.16. The Balaban J connectivity index is 1.71. The second-order valence-corrected chi connectivity index (χ2v) is 5.16. The van der Waals surface area contributed by atoms with E-state index in [9.17, 15) is 0 Å². The molecule has 0 amide bonds. The summed E-state index contributed by atoms with van der Waals surface area (Å²) >= 11 is 0. The van der Waals surface area contributed by atoms with E-state index in [1.165, 1.54) is 58.0 Å². The van der Waals surface area contributed by atoms with Crippen molar-refractivity contribution in [2.75, 3.05) is 20.1 Å². The fourth-order valence-corrected chi connectivity index (χ4v) is 3.11. The van der Waals surface area contributed by atoms with Crippen LogP contribution in [0.1, 0.15) is 44.9 Å². The number of hydrogen-bond donors (Lipinski definition) is 0. The molecule has 0 bridgehead atoms. The van der Waals surface area contributed by atoms with Crippen LogP contribution in [-0.2, 0) is 0 Å². The van der Waals surface area contributed by atoms with Crippen molar-refractivity contribution in [1.29, 1.82) is 0 Å². The van der Waals surface area contributed by atoms with Crippen LogP contribution in [0.3, 0.4) is 0 Å². The molecule has 1 nitrogen and oxygen atoms in total. The largest absolute Gasteiger partial charge is 0.306 e. The number of rotatable bonds is 2. The lowest BCUT2D eigenvalue weighted by Gasteiger charge is -2.24. The van der Waals surface area contributed by atoms with Gasteiger partial charge in [-0.3, -0.25) is 0 Å². The quantitative estimate of drug-likeness (QED) is 0.633. The average Bonchev–Trinajstić information content (AvgIpc) is 2.53. The van der Waals surface area contributed by atoms with E-state index < -0.39 is 0 Å². The van der Waals surface area contributed by atoms with E-state index in [1.54, 1.807) is 0 Å². The highest BCUT2D eigenvalue weighted by molar-refractivity contribution is 4.77. The van der Waals surface area contributed by atoms with Gasteiger partial charge in [-0.2, -0.15) is 0 Å². The summed E-state index contributed by atoms with van der Waals surface area (Å²) in [4.78, 5) is 2.49.